The first-order valence-electron chi connectivity index (χ1n) is 21.7. The minimum absolute atomic E-state index is 0.777. The summed E-state index contributed by atoms with van der Waals surface area (Å²) >= 11 is 0. The maximum atomic E-state index is 3.91. The standard InChI is InChI=1S/C59H44BN3/c1-41-18-14-17-29-56(41)63-57-39-45(43-21-8-3-9-22-43)32-36-54(57)60-58-53(38-46-23-15-16-28-51(46)59(58)63)52-40-50(62(48-24-10-4-11-25-48)49-26-12-5-13-27-49)35-37-55(52)61-47-33-30-44(31-34-47)42-19-6-2-7-20-42/h2-40,60-61H,1H3. The van der Waals surface area contributed by atoms with Crippen molar-refractivity contribution in [1.29, 1.82) is 0 Å². The normalized spacial score (nSPS) is 11.7. The van der Waals surface area contributed by atoms with Crippen LogP contribution >= 0.6 is 0 Å². The molecule has 1 heterocycles. The van der Waals surface area contributed by atoms with E-state index < -0.39 is 0 Å². The highest BCUT2D eigenvalue weighted by Gasteiger charge is 2.31. The molecule has 0 fully saturated rings. The van der Waals surface area contributed by atoms with Crippen LogP contribution in [0.15, 0.2) is 237 Å². The van der Waals surface area contributed by atoms with Crippen LogP contribution in [0.25, 0.3) is 44.2 Å². The minimum atomic E-state index is 0.777. The largest absolute Gasteiger partial charge is 0.355 e. The molecule has 10 aromatic carbocycles. The van der Waals surface area contributed by atoms with Gasteiger partial charge < -0.3 is 15.1 Å². The number of nitrogens with zero attached hydrogens (tertiary/aromatic N) is 2. The van der Waals surface area contributed by atoms with Gasteiger partial charge in [0.25, 0.3) is 0 Å². The van der Waals surface area contributed by atoms with E-state index in [0.717, 1.165) is 41.3 Å². The highest BCUT2D eigenvalue weighted by Crippen LogP contribution is 2.46. The number of hydrogen-bond donors (Lipinski definition) is 1. The topological polar surface area (TPSA) is 18.5 Å². The molecule has 4 heteroatoms. The fraction of sp³-hybridized carbons (Fsp3) is 0.0169. The predicted octanol–water partition coefficient (Wildman–Crippen LogP) is 14.5. The SMILES string of the molecule is Cc1ccccc1N1c2cc(-c3ccccc3)ccc2Bc2c(-c3cc(N(c4ccccc4)c4ccccc4)ccc3Nc3ccc(-c4ccccc4)cc3)cc3ccccc3c21. The minimum Gasteiger partial charge on any atom is -0.355 e. The van der Waals surface area contributed by atoms with Gasteiger partial charge in [0.15, 0.2) is 7.28 Å². The number of anilines is 8. The Hall–Kier alpha value is -8.08. The van der Waals surface area contributed by atoms with Crippen LogP contribution in [0.4, 0.5) is 45.5 Å². The predicted molar refractivity (Wildman–Crippen MR) is 271 cm³/mol. The monoisotopic (exact) mass is 805 g/mol. The van der Waals surface area contributed by atoms with Gasteiger partial charge in [-0.05, 0) is 124 Å². The quantitative estimate of drug-likeness (QED) is 0.147. The van der Waals surface area contributed by atoms with Crippen LogP contribution in [0.5, 0.6) is 0 Å². The highest BCUT2D eigenvalue weighted by atomic mass is 15.2. The van der Waals surface area contributed by atoms with Crippen molar-refractivity contribution in [3.63, 3.8) is 0 Å². The maximum absolute atomic E-state index is 3.91. The molecule has 0 spiro atoms. The van der Waals surface area contributed by atoms with Crippen LogP contribution in [0.3, 0.4) is 0 Å². The molecule has 10 aromatic rings. The molecule has 0 bridgehead atoms. The number of nitrogens with one attached hydrogen (secondary N) is 1. The van der Waals surface area contributed by atoms with E-state index >= 15 is 0 Å². The second-order valence-corrected chi connectivity index (χ2v) is 16.3. The summed E-state index contributed by atoms with van der Waals surface area (Å²) in [6.07, 6.45) is 0. The second-order valence-electron chi connectivity index (χ2n) is 16.3. The van der Waals surface area contributed by atoms with Gasteiger partial charge in [-0.3, -0.25) is 0 Å². The zero-order valence-electron chi connectivity index (χ0n) is 35.1. The van der Waals surface area contributed by atoms with Gasteiger partial charge in [0.05, 0.1) is 0 Å². The maximum Gasteiger partial charge on any atom is 0.198 e. The van der Waals surface area contributed by atoms with Gasteiger partial charge in [0, 0.05) is 56.4 Å². The van der Waals surface area contributed by atoms with Gasteiger partial charge in [0.1, 0.15) is 0 Å². The molecule has 0 unspecified atom stereocenters. The zero-order valence-corrected chi connectivity index (χ0v) is 35.1. The van der Waals surface area contributed by atoms with Crippen molar-refractivity contribution in [3.05, 3.63) is 242 Å². The van der Waals surface area contributed by atoms with Crippen molar-refractivity contribution >= 4 is 74.5 Å². The summed E-state index contributed by atoms with van der Waals surface area (Å²) in [5.74, 6) is 0. The van der Waals surface area contributed by atoms with E-state index in [1.54, 1.807) is 0 Å². The summed E-state index contributed by atoms with van der Waals surface area (Å²) in [5, 5.41) is 6.34. The third-order valence-corrected chi connectivity index (χ3v) is 12.4. The summed E-state index contributed by atoms with van der Waals surface area (Å²) < 4.78 is 0. The number of hydrogen-bond acceptors (Lipinski definition) is 3. The smallest absolute Gasteiger partial charge is 0.198 e. The lowest BCUT2D eigenvalue weighted by Gasteiger charge is -2.37. The van der Waals surface area contributed by atoms with Crippen molar-refractivity contribution in [1.82, 2.24) is 0 Å². The van der Waals surface area contributed by atoms with Crippen molar-refractivity contribution < 1.29 is 0 Å². The Bertz CT molecular complexity index is 3180. The van der Waals surface area contributed by atoms with Gasteiger partial charge in [-0.1, -0.05) is 169 Å². The average Bonchev–Trinajstić information content (AvgIpc) is 3.35. The van der Waals surface area contributed by atoms with E-state index in [9.17, 15) is 0 Å². The Morgan fingerprint density at radius 1 is 0.429 bits per heavy atom. The Labute approximate surface area is 370 Å². The fourth-order valence-electron chi connectivity index (χ4n) is 9.29. The van der Waals surface area contributed by atoms with Gasteiger partial charge in [-0.15, -0.1) is 0 Å². The number of rotatable bonds is 9. The number of fused-ring (bicyclic) bond motifs is 4. The highest BCUT2D eigenvalue weighted by molar-refractivity contribution is 6.74. The van der Waals surface area contributed by atoms with E-state index in [1.165, 1.54) is 72.1 Å². The van der Waals surface area contributed by atoms with Crippen LogP contribution in [-0.4, -0.2) is 7.28 Å². The average molecular weight is 806 g/mol. The molecule has 0 saturated carbocycles. The molecule has 0 radical (unpaired) electrons. The van der Waals surface area contributed by atoms with Gasteiger partial charge in [-0.25, -0.2) is 0 Å². The lowest BCUT2D eigenvalue weighted by atomic mass is 9.57. The molecular weight excluding hydrogens is 761 g/mol. The lowest BCUT2D eigenvalue weighted by molar-refractivity contribution is 1.27. The number of aryl methyl sites for hydroxylation is 1. The van der Waals surface area contributed by atoms with Crippen molar-refractivity contribution in [2.24, 2.45) is 0 Å². The van der Waals surface area contributed by atoms with Gasteiger partial charge in [-0.2, -0.15) is 0 Å². The molecule has 63 heavy (non-hydrogen) atoms. The Balaban J connectivity index is 1.15. The number of para-hydroxylation sites is 3. The first kappa shape index (κ1) is 37.9. The van der Waals surface area contributed by atoms with Crippen LogP contribution in [0, 0.1) is 6.92 Å². The summed E-state index contributed by atoms with van der Waals surface area (Å²) in [6.45, 7) is 2.23. The van der Waals surface area contributed by atoms with E-state index in [1.807, 2.05) is 0 Å². The van der Waals surface area contributed by atoms with Crippen LogP contribution in [0.2, 0.25) is 0 Å². The molecule has 1 N–H and O–H groups in total. The Kier molecular flexibility index (Phi) is 9.87. The zero-order chi connectivity index (χ0) is 42.1. The Morgan fingerprint density at radius 3 is 1.68 bits per heavy atom. The third-order valence-electron chi connectivity index (χ3n) is 12.4. The molecule has 0 aromatic heterocycles. The molecule has 3 nitrogen and oxygen atoms in total. The van der Waals surface area contributed by atoms with E-state index in [2.05, 4.69) is 259 Å². The number of benzene rings is 10. The molecule has 298 valence electrons. The summed E-state index contributed by atoms with van der Waals surface area (Å²) in [7, 11) is 0.777. The molecule has 0 atom stereocenters. The Morgan fingerprint density at radius 2 is 1.00 bits per heavy atom. The molecule has 0 saturated heterocycles. The van der Waals surface area contributed by atoms with Crippen LogP contribution < -0.4 is 26.0 Å². The third kappa shape index (κ3) is 7.22. The van der Waals surface area contributed by atoms with Crippen LogP contribution in [0.1, 0.15) is 5.56 Å². The molecule has 1 aliphatic rings. The van der Waals surface area contributed by atoms with E-state index in [4.69, 9.17) is 0 Å². The summed E-state index contributed by atoms with van der Waals surface area (Å²) in [6, 6.07) is 85.5. The summed E-state index contributed by atoms with van der Waals surface area (Å²) in [5.41, 5.74) is 19.9. The van der Waals surface area contributed by atoms with Gasteiger partial charge in [0.2, 0.25) is 0 Å². The molecule has 0 aliphatic carbocycles. The van der Waals surface area contributed by atoms with Crippen molar-refractivity contribution in [2.75, 3.05) is 15.1 Å². The van der Waals surface area contributed by atoms with E-state index in [-0.39, 0.29) is 0 Å². The first-order chi connectivity index (χ1) is 31.2. The second kappa shape index (κ2) is 16.4. The van der Waals surface area contributed by atoms with Crippen molar-refractivity contribution in [3.8, 4) is 33.4 Å². The first-order valence-corrected chi connectivity index (χ1v) is 21.7. The van der Waals surface area contributed by atoms with Gasteiger partial charge >= 0.3 is 0 Å². The molecule has 11 rings (SSSR count). The fourth-order valence-corrected chi connectivity index (χ4v) is 9.29. The molecule has 0 amide bonds. The molecule has 1 aliphatic heterocycles. The lowest BCUT2D eigenvalue weighted by Crippen LogP contribution is -2.41. The molecular formula is C59H44BN3. The van der Waals surface area contributed by atoms with Crippen LogP contribution in [-0.2, 0) is 0 Å². The van der Waals surface area contributed by atoms with Crippen molar-refractivity contribution in [2.45, 2.75) is 6.92 Å². The van der Waals surface area contributed by atoms with E-state index in [0.29, 0.717) is 0 Å². The summed E-state index contributed by atoms with van der Waals surface area (Å²) in [4.78, 5) is 4.90.